The van der Waals surface area contributed by atoms with E-state index in [2.05, 4.69) is 5.10 Å². The van der Waals surface area contributed by atoms with Crippen molar-refractivity contribution in [2.75, 3.05) is 0 Å². The summed E-state index contributed by atoms with van der Waals surface area (Å²) in [6, 6.07) is 2.76. The van der Waals surface area contributed by atoms with Gasteiger partial charge in [0.15, 0.2) is 0 Å². The van der Waals surface area contributed by atoms with E-state index in [1.807, 2.05) is 6.92 Å². The molecule has 1 atom stereocenters. The molecule has 0 saturated carbocycles. The van der Waals surface area contributed by atoms with Gasteiger partial charge in [0.1, 0.15) is 11.6 Å². The van der Waals surface area contributed by atoms with Crippen LogP contribution in [-0.2, 0) is 7.05 Å². The maximum absolute atomic E-state index is 13.6. The van der Waals surface area contributed by atoms with E-state index in [9.17, 15) is 8.78 Å². The lowest BCUT2D eigenvalue weighted by Crippen LogP contribution is -2.14. The Morgan fingerprint density at radius 3 is 2.53 bits per heavy atom. The lowest BCUT2D eigenvalue weighted by Gasteiger charge is -2.12. The van der Waals surface area contributed by atoms with Gasteiger partial charge >= 0.3 is 0 Å². The Balaban J connectivity index is 2.43. The van der Waals surface area contributed by atoms with Gasteiger partial charge in [-0.15, -0.1) is 0 Å². The number of rotatable bonds is 2. The molecular formula is C12H13F2N3. The predicted molar refractivity (Wildman–Crippen MR) is 60.3 cm³/mol. The van der Waals surface area contributed by atoms with E-state index in [1.165, 1.54) is 12.1 Å². The first-order valence-electron chi connectivity index (χ1n) is 5.19. The van der Waals surface area contributed by atoms with Gasteiger partial charge in [-0.1, -0.05) is 6.07 Å². The van der Waals surface area contributed by atoms with Crippen LogP contribution in [0.2, 0.25) is 0 Å². The van der Waals surface area contributed by atoms with Gasteiger partial charge in [-0.2, -0.15) is 5.10 Å². The van der Waals surface area contributed by atoms with Crippen molar-refractivity contribution in [1.82, 2.24) is 9.78 Å². The highest BCUT2D eigenvalue weighted by Gasteiger charge is 2.18. The molecule has 0 saturated heterocycles. The Hall–Kier alpha value is -1.75. The molecule has 0 amide bonds. The van der Waals surface area contributed by atoms with Crippen molar-refractivity contribution in [1.29, 1.82) is 0 Å². The van der Waals surface area contributed by atoms with E-state index in [0.717, 1.165) is 17.3 Å². The Morgan fingerprint density at radius 1 is 1.29 bits per heavy atom. The quantitative estimate of drug-likeness (QED) is 0.868. The zero-order valence-corrected chi connectivity index (χ0v) is 9.61. The number of nitrogens with two attached hydrogens (primary N) is 1. The highest BCUT2D eigenvalue weighted by Crippen LogP contribution is 2.24. The van der Waals surface area contributed by atoms with E-state index in [-0.39, 0.29) is 5.56 Å². The summed E-state index contributed by atoms with van der Waals surface area (Å²) >= 11 is 0. The van der Waals surface area contributed by atoms with Crippen LogP contribution < -0.4 is 5.73 Å². The van der Waals surface area contributed by atoms with Crippen LogP contribution in [0.1, 0.15) is 22.9 Å². The highest BCUT2D eigenvalue weighted by atomic mass is 19.1. The number of benzene rings is 1. The molecular weight excluding hydrogens is 224 g/mol. The summed E-state index contributed by atoms with van der Waals surface area (Å²) in [6.07, 6.45) is 1.60. The minimum Gasteiger partial charge on any atom is -0.320 e. The standard InChI is InChI=1S/C12H13F2N3/c1-7-10(6-16-17(7)2)12(15)9-4-3-8(13)5-11(9)14/h3-6,12H,15H2,1-2H3. The fourth-order valence-corrected chi connectivity index (χ4v) is 1.74. The van der Waals surface area contributed by atoms with Gasteiger partial charge < -0.3 is 5.73 Å². The Kier molecular flexibility index (Phi) is 2.93. The van der Waals surface area contributed by atoms with E-state index < -0.39 is 17.7 Å². The van der Waals surface area contributed by atoms with E-state index in [1.54, 1.807) is 17.9 Å². The maximum atomic E-state index is 13.6. The van der Waals surface area contributed by atoms with E-state index >= 15 is 0 Å². The predicted octanol–water partition coefficient (Wildman–Crippen LogP) is 2.05. The molecule has 5 heteroatoms. The number of halogens is 2. The minimum atomic E-state index is -0.638. The van der Waals surface area contributed by atoms with Gasteiger partial charge in [0.25, 0.3) is 0 Å². The van der Waals surface area contributed by atoms with Gasteiger partial charge in [0.05, 0.1) is 12.2 Å². The van der Waals surface area contributed by atoms with Crippen LogP contribution in [0.15, 0.2) is 24.4 Å². The van der Waals surface area contributed by atoms with Gasteiger partial charge in [0, 0.05) is 29.9 Å². The minimum absolute atomic E-state index is 0.266. The van der Waals surface area contributed by atoms with Gasteiger partial charge in [-0.05, 0) is 13.0 Å². The second-order valence-electron chi connectivity index (χ2n) is 3.95. The normalized spacial score (nSPS) is 12.8. The summed E-state index contributed by atoms with van der Waals surface area (Å²) < 4.78 is 28.0. The molecule has 2 rings (SSSR count). The van der Waals surface area contributed by atoms with Crippen molar-refractivity contribution < 1.29 is 8.78 Å². The maximum Gasteiger partial charge on any atom is 0.131 e. The average molecular weight is 237 g/mol. The highest BCUT2D eigenvalue weighted by molar-refractivity contribution is 5.33. The first-order chi connectivity index (χ1) is 8.00. The van der Waals surface area contributed by atoms with Gasteiger partial charge in [-0.3, -0.25) is 4.68 Å². The van der Waals surface area contributed by atoms with Crippen molar-refractivity contribution in [2.24, 2.45) is 12.8 Å². The van der Waals surface area contributed by atoms with Crippen molar-refractivity contribution >= 4 is 0 Å². The van der Waals surface area contributed by atoms with E-state index in [0.29, 0.717) is 0 Å². The molecule has 1 heterocycles. The fourth-order valence-electron chi connectivity index (χ4n) is 1.74. The molecule has 0 aliphatic carbocycles. The Morgan fingerprint density at radius 2 is 2.00 bits per heavy atom. The molecule has 2 aromatic rings. The average Bonchev–Trinajstić information content (AvgIpc) is 2.59. The first kappa shape index (κ1) is 11.7. The van der Waals surface area contributed by atoms with E-state index in [4.69, 9.17) is 5.73 Å². The molecule has 1 aromatic heterocycles. The topological polar surface area (TPSA) is 43.8 Å². The van der Waals surface area contributed by atoms with Gasteiger partial charge in [0.2, 0.25) is 0 Å². The number of aryl methyl sites for hydroxylation is 1. The Bertz CT molecular complexity index is 549. The molecule has 1 aromatic carbocycles. The summed E-state index contributed by atoms with van der Waals surface area (Å²) in [4.78, 5) is 0. The number of hydrogen-bond donors (Lipinski definition) is 1. The SMILES string of the molecule is Cc1c(C(N)c2ccc(F)cc2F)cnn1C. The Labute approximate surface area is 97.9 Å². The second-order valence-corrected chi connectivity index (χ2v) is 3.95. The zero-order valence-electron chi connectivity index (χ0n) is 9.61. The van der Waals surface area contributed by atoms with Crippen molar-refractivity contribution in [2.45, 2.75) is 13.0 Å². The molecule has 1 unspecified atom stereocenters. The molecule has 0 bridgehead atoms. The molecule has 17 heavy (non-hydrogen) atoms. The number of nitrogens with zero attached hydrogens (tertiary/aromatic N) is 2. The first-order valence-corrected chi connectivity index (χ1v) is 5.19. The lowest BCUT2D eigenvalue weighted by atomic mass is 10.00. The molecule has 3 nitrogen and oxygen atoms in total. The van der Waals surface area contributed by atoms with Crippen molar-refractivity contribution in [3.05, 3.63) is 52.9 Å². The van der Waals surface area contributed by atoms with Crippen LogP contribution in [0.5, 0.6) is 0 Å². The monoisotopic (exact) mass is 237 g/mol. The van der Waals surface area contributed by atoms with Crippen LogP contribution in [0.4, 0.5) is 8.78 Å². The smallest absolute Gasteiger partial charge is 0.131 e. The molecule has 0 radical (unpaired) electrons. The van der Waals surface area contributed by atoms with Gasteiger partial charge in [-0.25, -0.2) is 8.78 Å². The molecule has 0 aliphatic heterocycles. The molecule has 0 fully saturated rings. The molecule has 2 N–H and O–H groups in total. The third kappa shape index (κ3) is 2.06. The van der Waals surface area contributed by atoms with Crippen molar-refractivity contribution in [3.63, 3.8) is 0 Å². The third-order valence-corrected chi connectivity index (χ3v) is 2.91. The second kappa shape index (κ2) is 4.25. The number of hydrogen-bond acceptors (Lipinski definition) is 2. The van der Waals surface area contributed by atoms with Crippen LogP contribution in [-0.4, -0.2) is 9.78 Å². The summed E-state index contributed by atoms with van der Waals surface area (Å²) in [5.41, 5.74) is 7.83. The molecule has 90 valence electrons. The summed E-state index contributed by atoms with van der Waals surface area (Å²) in [5, 5.41) is 4.05. The summed E-state index contributed by atoms with van der Waals surface area (Å²) in [7, 11) is 1.78. The van der Waals surface area contributed by atoms with Crippen molar-refractivity contribution in [3.8, 4) is 0 Å². The van der Waals surface area contributed by atoms with Crippen LogP contribution >= 0.6 is 0 Å². The summed E-state index contributed by atoms with van der Waals surface area (Å²) in [5.74, 6) is -1.25. The van der Waals surface area contributed by atoms with Crippen LogP contribution in [0.25, 0.3) is 0 Å². The third-order valence-electron chi connectivity index (χ3n) is 2.91. The molecule has 0 aliphatic rings. The fraction of sp³-hybridized carbons (Fsp3) is 0.250. The number of aromatic nitrogens is 2. The lowest BCUT2D eigenvalue weighted by molar-refractivity contribution is 0.565. The zero-order chi connectivity index (χ0) is 12.6. The van der Waals surface area contributed by atoms with Crippen LogP contribution in [0, 0.1) is 18.6 Å². The molecule has 0 spiro atoms. The van der Waals surface area contributed by atoms with Crippen LogP contribution in [0.3, 0.4) is 0 Å². The largest absolute Gasteiger partial charge is 0.320 e. The summed E-state index contributed by atoms with van der Waals surface area (Å²) in [6.45, 7) is 1.85.